The van der Waals surface area contributed by atoms with Crippen LogP contribution in [0.1, 0.15) is 68.2 Å². The second-order valence-corrected chi connectivity index (χ2v) is 8.49. The highest BCUT2D eigenvalue weighted by atomic mass is 15.2. The minimum Gasteiger partial charge on any atom is -0.298 e. The third-order valence-corrected chi connectivity index (χ3v) is 4.69. The maximum Gasteiger partial charge on any atom is 0.0125 e. The van der Waals surface area contributed by atoms with Gasteiger partial charge in [-0.25, -0.2) is 0 Å². The number of piperidine rings is 1. The summed E-state index contributed by atoms with van der Waals surface area (Å²) in [5, 5.41) is 0. The van der Waals surface area contributed by atoms with E-state index >= 15 is 0 Å². The summed E-state index contributed by atoms with van der Waals surface area (Å²) in [6, 6.07) is 0. The minimum atomic E-state index is 0.323. The molecule has 0 aromatic carbocycles. The Hall–Kier alpha value is -0.0400. The molecule has 1 heterocycles. The normalized spacial score (nSPS) is 31.7. The molecule has 1 aliphatic rings. The van der Waals surface area contributed by atoms with Crippen LogP contribution < -0.4 is 0 Å². The first-order valence-corrected chi connectivity index (χ1v) is 7.82. The summed E-state index contributed by atoms with van der Waals surface area (Å²) < 4.78 is 0. The molecular weight excluding hydrogens is 218 g/mol. The van der Waals surface area contributed by atoms with Crippen molar-refractivity contribution in [1.82, 2.24) is 4.90 Å². The minimum absolute atomic E-state index is 0.323. The molecule has 0 saturated carbocycles. The van der Waals surface area contributed by atoms with Gasteiger partial charge in [0.15, 0.2) is 0 Å². The summed E-state index contributed by atoms with van der Waals surface area (Å²) in [4.78, 5) is 2.71. The molecule has 3 atom stereocenters. The highest BCUT2D eigenvalue weighted by Gasteiger charge is 2.42. The van der Waals surface area contributed by atoms with Crippen LogP contribution in [0.4, 0.5) is 0 Å². The molecule has 1 fully saturated rings. The molecule has 1 nitrogen and oxygen atoms in total. The number of rotatable bonds is 2. The van der Waals surface area contributed by atoms with Crippen LogP contribution in [0.15, 0.2) is 0 Å². The predicted molar refractivity (Wildman–Crippen MR) is 81.8 cm³/mol. The van der Waals surface area contributed by atoms with Gasteiger partial charge in [-0.3, -0.25) is 4.90 Å². The summed E-state index contributed by atoms with van der Waals surface area (Å²) in [6.45, 7) is 21.8. The quantitative estimate of drug-likeness (QED) is 0.682. The Morgan fingerprint density at radius 1 is 1.00 bits per heavy atom. The number of hydrogen-bond acceptors (Lipinski definition) is 1. The van der Waals surface area contributed by atoms with E-state index in [0.717, 1.165) is 17.8 Å². The van der Waals surface area contributed by atoms with Crippen LogP contribution in [0.25, 0.3) is 0 Å². The average Bonchev–Trinajstić information content (AvgIpc) is 2.13. The van der Waals surface area contributed by atoms with Crippen molar-refractivity contribution in [1.29, 1.82) is 0 Å². The molecule has 0 amide bonds. The molecule has 18 heavy (non-hydrogen) atoms. The molecular formula is C17H35N. The Bertz CT molecular complexity index is 256. The van der Waals surface area contributed by atoms with E-state index in [1.807, 2.05) is 0 Å². The van der Waals surface area contributed by atoms with Crippen LogP contribution >= 0.6 is 0 Å². The van der Waals surface area contributed by atoms with E-state index in [4.69, 9.17) is 0 Å². The van der Waals surface area contributed by atoms with Crippen molar-refractivity contribution in [2.75, 3.05) is 13.1 Å². The Morgan fingerprint density at radius 3 is 1.94 bits per heavy atom. The topological polar surface area (TPSA) is 3.24 Å². The number of likely N-dealkylation sites (tertiary alicyclic amines) is 1. The van der Waals surface area contributed by atoms with E-state index in [-0.39, 0.29) is 0 Å². The predicted octanol–water partition coefficient (Wildman–Crippen LogP) is 4.82. The van der Waals surface area contributed by atoms with Gasteiger partial charge in [-0.1, -0.05) is 41.0 Å². The Kier molecular flexibility index (Phi) is 4.92. The molecule has 1 saturated heterocycles. The molecule has 0 spiro atoms. The first kappa shape index (κ1) is 16.0. The molecule has 1 aliphatic heterocycles. The van der Waals surface area contributed by atoms with Gasteiger partial charge in [0, 0.05) is 18.6 Å². The van der Waals surface area contributed by atoms with Crippen molar-refractivity contribution in [3.05, 3.63) is 0 Å². The lowest BCUT2D eigenvalue weighted by Gasteiger charge is -2.52. The van der Waals surface area contributed by atoms with Gasteiger partial charge in [0.25, 0.3) is 0 Å². The van der Waals surface area contributed by atoms with Crippen molar-refractivity contribution in [2.45, 2.75) is 73.8 Å². The maximum atomic E-state index is 2.71. The SMILES string of the molecule is CCCC1CN(C(C)(C)C)CC(C)C1C(C)(C)C. The molecule has 108 valence electrons. The van der Waals surface area contributed by atoms with Crippen molar-refractivity contribution >= 4 is 0 Å². The van der Waals surface area contributed by atoms with Crippen LogP contribution in [-0.2, 0) is 0 Å². The highest BCUT2D eigenvalue weighted by molar-refractivity contribution is 4.94. The summed E-state index contributed by atoms with van der Waals surface area (Å²) >= 11 is 0. The van der Waals surface area contributed by atoms with Gasteiger partial charge >= 0.3 is 0 Å². The molecule has 3 unspecified atom stereocenters. The maximum absolute atomic E-state index is 2.71. The van der Waals surface area contributed by atoms with Gasteiger partial charge in [0.05, 0.1) is 0 Å². The van der Waals surface area contributed by atoms with Gasteiger partial charge in [-0.05, 0) is 50.4 Å². The molecule has 0 aromatic heterocycles. The summed E-state index contributed by atoms with van der Waals surface area (Å²) in [5.41, 5.74) is 0.770. The molecule has 0 aliphatic carbocycles. The van der Waals surface area contributed by atoms with Gasteiger partial charge in [-0.15, -0.1) is 0 Å². The second kappa shape index (κ2) is 5.53. The first-order valence-electron chi connectivity index (χ1n) is 7.82. The smallest absolute Gasteiger partial charge is 0.0125 e. The fourth-order valence-corrected chi connectivity index (χ4v) is 4.15. The Labute approximate surface area is 115 Å². The lowest BCUT2D eigenvalue weighted by molar-refractivity contribution is -0.0342. The largest absolute Gasteiger partial charge is 0.298 e. The van der Waals surface area contributed by atoms with E-state index in [0.29, 0.717) is 11.0 Å². The van der Waals surface area contributed by atoms with Crippen molar-refractivity contribution in [3.8, 4) is 0 Å². The van der Waals surface area contributed by atoms with Crippen LogP contribution in [-0.4, -0.2) is 23.5 Å². The number of nitrogens with zero attached hydrogens (tertiary/aromatic N) is 1. The van der Waals surface area contributed by atoms with Gasteiger partial charge in [-0.2, -0.15) is 0 Å². The van der Waals surface area contributed by atoms with E-state index in [2.05, 4.69) is 60.3 Å². The van der Waals surface area contributed by atoms with E-state index < -0.39 is 0 Å². The van der Waals surface area contributed by atoms with Crippen molar-refractivity contribution in [2.24, 2.45) is 23.2 Å². The Morgan fingerprint density at radius 2 is 1.56 bits per heavy atom. The molecule has 0 aromatic rings. The van der Waals surface area contributed by atoms with Crippen LogP contribution in [0.2, 0.25) is 0 Å². The Balaban J connectivity index is 2.90. The third kappa shape index (κ3) is 3.73. The van der Waals surface area contributed by atoms with Gasteiger partial charge in [0.2, 0.25) is 0 Å². The fourth-order valence-electron chi connectivity index (χ4n) is 4.15. The average molecular weight is 253 g/mol. The monoisotopic (exact) mass is 253 g/mol. The van der Waals surface area contributed by atoms with Crippen LogP contribution in [0.5, 0.6) is 0 Å². The first-order chi connectivity index (χ1) is 8.07. The van der Waals surface area contributed by atoms with Crippen molar-refractivity contribution in [3.63, 3.8) is 0 Å². The highest BCUT2D eigenvalue weighted by Crippen LogP contribution is 2.44. The third-order valence-electron chi connectivity index (χ3n) is 4.69. The van der Waals surface area contributed by atoms with E-state index in [9.17, 15) is 0 Å². The van der Waals surface area contributed by atoms with E-state index in [1.54, 1.807) is 0 Å². The van der Waals surface area contributed by atoms with Crippen LogP contribution in [0, 0.1) is 23.2 Å². The van der Waals surface area contributed by atoms with Gasteiger partial charge in [0.1, 0.15) is 0 Å². The summed E-state index contributed by atoms with van der Waals surface area (Å²) in [6.07, 6.45) is 2.71. The lowest BCUT2D eigenvalue weighted by atomic mass is 9.63. The van der Waals surface area contributed by atoms with Crippen molar-refractivity contribution < 1.29 is 0 Å². The lowest BCUT2D eigenvalue weighted by Crippen LogP contribution is -2.55. The molecule has 0 bridgehead atoms. The molecule has 1 rings (SSSR count). The van der Waals surface area contributed by atoms with E-state index in [1.165, 1.54) is 25.9 Å². The fraction of sp³-hybridized carbons (Fsp3) is 1.00. The second-order valence-electron chi connectivity index (χ2n) is 8.49. The zero-order valence-electron chi connectivity index (χ0n) is 14.0. The van der Waals surface area contributed by atoms with Gasteiger partial charge < -0.3 is 0 Å². The zero-order valence-corrected chi connectivity index (χ0v) is 14.0. The molecule has 0 radical (unpaired) electrons. The molecule has 0 N–H and O–H groups in total. The molecule has 1 heteroatoms. The summed E-state index contributed by atoms with van der Waals surface area (Å²) in [5.74, 6) is 2.56. The summed E-state index contributed by atoms with van der Waals surface area (Å²) in [7, 11) is 0. The number of hydrogen-bond donors (Lipinski definition) is 0. The van der Waals surface area contributed by atoms with Crippen LogP contribution in [0.3, 0.4) is 0 Å². The zero-order chi connectivity index (χ0) is 14.1. The standard InChI is InChI=1S/C17H35N/c1-9-10-14-12-18(17(6,7)8)11-13(2)15(14)16(3,4)5/h13-15H,9-12H2,1-8H3.